The van der Waals surface area contributed by atoms with Crippen LogP contribution in [0.15, 0.2) is 79.4 Å². The summed E-state index contributed by atoms with van der Waals surface area (Å²) in [6.07, 6.45) is 8.26. The molecule has 4 aromatic heterocycles. The number of nitrogens with one attached hydrogen (secondary N) is 2. The van der Waals surface area contributed by atoms with Crippen molar-refractivity contribution >= 4 is 22.2 Å². The van der Waals surface area contributed by atoms with Crippen molar-refractivity contribution in [2.45, 2.75) is 18.5 Å². The summed E-state index contributed by atoms with van der Waals surface area (Å²) in [4.78, 5) is 11.4. The second-order valence-corrected chi connectivity index (χ2v) is 9.97. The average Bonchev–Trinajstić information content (AvgIpc) is 3.76. The zero-order valence-electron chi connectivity index (χ0n) is 20.3. The lowest BCUT2D eigenvalue weighted by molar-refractivity contribution is 0.577. The predicted octanol–water partition coefficient (Wildman–Crippen LogP) is 4.69. The molecule has 8 rings (SSSR count). The van der Waals surface area contributed by atoms with E-state index in [4.69, 9.17) is 10.1 Å². The summed E-state index contributed by atoms with van der Waals surface area (Å²) >= 11 is 0. The smallest absolute Gasteiger partial charge is 0.164 e. The molecule has 2 aliphatic rings. The van der Waals surface area contributed by atoms with Crippen LogP contribution in [0.3, 0.4) is 0 Å². The first-order valence-corrected chi connectivity index (χ1v) is 12.7. The number of pyridine rings is 1. The molecule has 8 nitrogen and oxygen atoms in total. The molecule has 2 aromatic carbocycles. The summed E-state index contributed by atoms with van der Waals surface area (Å²) in [6, 6.07) is 17.8. The van der Waals surface area contributed by atoms with Crippen LogP contribution in [0.25, 0.3) is 50.2 Å². The number of aromatic nitrogens is 6. The van der Waals surface area contributed by atoms with Crippen molar-refractivity contribution < 1.29 is 4.39 Å². The zero-order chi connectivity index (χ0) is 25.2. The molecule has 2 saturated heterocycles. The maximum atomic E-state index is 14.6. The number of aromatic amines is 1. The van der Waals surface area contributed by atoms with Gasteiger partial charge < -0.3 is 10.2 Å². The summed E-state index contributed by atoms with van der Waals surface area (Å²) in [7, 11) is 0. The summed E-state index contributed by atoms with van der Waals surface area (Å²) in [6.45, 7) is 1.78. The Balaban J connectivity index is 1.41. The Kier molecular flexibility index (Phi) is 4.62. The summed E-state index contributed by atoms with van der Waals surface area (Å²) in [5, 5.41) is 17.0. The van der Waals surface area contributed by atoms with E-state index in [9.17, 15) is 4.39 Å². The van der Waals surface area contributed by atoms with Crippen LogP contribution in [0.2, 0.25) is 0 Å². The van der Waals surface area contributed by atoms with Gasteiger partial charge in [0, 0.05) is 66.0 Å². The molecule has 0 radical (unpaired) electrons. The highest BCUT2D eigenvalue weighted by atomic mass is 19.1. The predicted molar refractivity (Wildman–Crippen MR) is 144 cm³/mol. The van der Waals surface area contributed by atoms with Crippen LogP contribution in [0, 0.1) is 5.82 Å². The number of H-pyrrole nitrogens is 1. The van der Waals surface area contributed by atoms with Gasteiger partial charge in [0.2, 0.25) is 0 Å². The molecule has 2 N–H and O–H groups in total. The third-order valence-corrected chi connectivity index (χ3v) is 7.83. The highest BCUT2D eigenvalue weighted by molar-refractivity contribution is 6.03. The van der Waals surface area contributed by atoms with Crippen LogP contribution in [-0.4, -0.2) is 55.0 Å². The summed E-state index contributed by atoms with van der Waals surface area (Å²) < 4.78 is 16.5. The zero-order valence-corrected chi connectivity index (χ0v) is 20.3. The number of halogens is 1. The monoisotopic (exact) mass is 502 g/mol. The standard InChI is InChI=1S/C29H23FN8/c30-18-4-5-22(26(12-18)37-16-19-13-20(37)14-33-19)25-8-11-32-29-27(21-2-1-3-24-23(21)15-34-35-24)28(36-38(25)29)17-6-9-31-10-7-17/h1-12,15,19-20,33H,13-14,16H2,(H,34,35). The number of hydrogen-bond donors (Lipinski definition) is 2. The second-order valence-electron chi connectivity index (χ2n) is 9.97. The first-order valence-electron chi connectivity index (χ1n) is 12.7. The minimum atomic E-state index is -0.241. The van der Waals surface area contributed by atoms with Gasteiger partial charge in [-0.1, -0.05) is 12.1 Å². The lowest BCUT2D eigenvalue weighted by Gasteiger charge is -2.31. The van der Waals surface area contributed by atoms with Gasteiger partial charge in [0.15, 0.2) is 5.65 Å². The van der Waals surface area contributed by atoms with Gasteiger partial charge in [-0.05, 0) is 54.4 Å². The van der Waals surface area contributed by atoms with Gasteiger partial charge in [0.25, 0.3) is 0 Å². The van der Waals surface area contributed by atoms with Gasteiger partial charge in [-0.15, -0.1) is 0 Å². The van der Waals surface area contributed by atoms with Crippen molar-refractivity contribution in [3.63, 3.8) is 0 Å². The number of benzene rings is 2. The third kappa shape index (κ3) is 3.18. The maximum absolute atomic E-state index is 14.6. The van der Waals surface area contributed by atoms with E-state index in [1.807, 2.05) is 53.3 Å². The van der Waals surface area contributed by atoms with E-state index in [2.05, 4.69) is 31.5 Å². The molecular formula is C29H23FN8. The number of hydrogen-bond acceptors (Lipinski definition) is 6. The van der Waals surface area contributed by atoms with Crippen molar-refractivity contribution in [1.82, 2.24) is 35.1 Å². The number of rotatable bonds is 4. The first kappa shape index (κ1) is 21.5. The Morgan fingerprint density at radius 1 is 0.974 bits per heavy atom. The Bertz CT molecular complexity index is 1830. The van der Waals surface area contributed by atoms with E-state index in [-0.39, 0.29) is 5.82 Å². The van der Waals surface area contributed by atoms with Crippen LogP contribution in [0.5, 0.6) is 0 Å². The average molecular weight is 503 g/mol. The molecule has 0 saturated carbocycles. The molecule has 0 aliphatic carbocycles. The molecule has 0 amide bonds. The van der Waals surface area contributed by atoms with Crippen molar-refractivity contribution in [3.8, 4) is 33.6 Å². The molecule has 6 aromatic rings. The molecule has 9 heteroatoms. The first-order chi connectivity index (χ1) is 18.7. The lowest BCUT2D eigenvalue weighted by atomic mass is 9.99. The van der Waals surface area contributed by atoms with E-state index in [0.29, 0.717) is 12.1 Å². The van der Waals surface area contributed by atoms with Crippen LogP contribution in [0.4, 0.5) is 10.1 Å². The summed E-state index contributed by atoms with van der Waals surface area (Å²) in [5.41, 5.74) is 8.00. The molecule has 2 bridgehead atoms. The number of piperazine rings is 1. The van der Waals surface area contributed by atoms with E-state index in [1.165, 1.54) is 6.07 Å². The molecule has 2 fully saturated rings. The van der Waals surface area contributed by atoms with Gasteiger partial charge >= 0.3 is 0 Å². The van der Waals surface area contributed by atoms with Crippen molar-refractivity contribution in [3.05, 3.63) is 85.2 Å². The molecule has 38 heavy (non-hydrogen) atoms. The normalized spacial score (nSPS) is 18.7. The largest absolute Gasteiger partial charge is 0.365 e. The van der Waals surface area contributed by atoms with Crippen molar-refractivity contribution in [2.75, 3.05) is 18.0 Å². The molecule has 2 unspecified atom stereocenters. The molecular weight excluding hydrogens is 479 g/mol. The Labute approximate surface area is 217 Å². The van der Waals surface area contributed by atoms with Crippen LogP contribution >= 0.6 is 0 Å². The van der Waals surface area contributed by atoms with Gasteiger partial charge in [-0.25, -0.2) is 13.9 Å². The molecule has 2 aliphatic heterocycles. The Morgan fingerprint density at radius 2 is 1.89 bits per heavy atom. The van der Waals surface area contributed by atoms with Gasteiger partial charge in [-0.3, -0.25) is 10.1 Å². The molecule has 6 heterocycles. The Hall–Kier alpha value is -4.63. The molecule has 2 atom stereocenters. The van der Waals surface area contributed by atoms with E-state index >= 15 is 0 Å². The fourth-order valence-corrected chi connectivity index (χ4v) is 6.11. The number of nitrogens with zero attached hydrogens (tertiary/aromatic N) is 6. The van der Waals surface area contributed by atoms with Crippen molar-refractivity contribution in [1.29, 1.82) is 0 Å². The van der Waals surface area contributed by atoms with Gasteiger partial charge in [0.1, 0.15) is 11.5 Å². The fraction of sp³-hybridized carbons (Fsp3) is 0.172. The number of fused-ring (bicyclic) bond motifs is 4. The SMILES string of the molecule is Fc1ccc(-c2ccnc3c(-c4cccc5[nH]ncc45)c(-c4ccncc4)nn23)c(N2CC3CC2CN3)c1. The topological polar surface area (TPSA) is 87.0 Å². The van der Waals surface area contributed by atoms with Gasteiger partial charge in [-0.2, -0.15) is 10.2 Å². The quantitative estimate of drug-likeness (QED) is 0.364. The van der Waals surface area contributed by atoms with E-state index < -0.39 is 0 Å². The third-order valence-electron chi connectivity index (χ3n) is 7.83. The molecule has 0 spiro atoms. The molecule has 186 valence electrons. The maximum Gasteiger partial charge on any atom is 0.164 e. The minimum Gasteiger partial charge on any atom is -0.365 e. The van der Waals surface area contributed by atoms with Crippen molar-refractivity contribution in [2.24, 2.45) is 0 Å². The van der Waals surface area contributed by atoms with Crippen LogP contribution in [0.1, 0.15) is 6.42 Å². The highest BCUT2D eigenvalue weighted by Crippen LogP contribution is 2.41. The second kappa shape index (κ2) is 8.19. The van der Waals surface area contributed by atoms with Crippen LogP contribution in [-0.2, 0) is 0 Å². The van der Waals surface area contributed by atoms with E-state index in [1.54, 1.807) is 18.5 Å². The highest BCUT2D eigenvalue weighted by Gasteiger charge is 2.38. The minimum absolute atomic E-state index is 0.241. The Morgan fingerprint density at radius 3 is 2.74 bits per heavy atom. The fourth-order valence-electron chi connectivity index (χ4n) is 6.11. The lowest BCUT2D eigenvalue weighted by Crippen LogP contribution is -2.43. The van der Waals surface area contributed by atoms with Gasteiger partial charge in [0.05, 0.1) is 23.0 Å². The summed E-state index contributed by atoms with van der Waals surface area (Å²) in [5.74, 6) is -0.241. The van der Waals surface area contributed by atoms with E-state index in [0.717, 1.165) is 75.4 Å². The van der Waals surface area contributed by atoms with Crippen LogP contribution < -0.4 is 10.2 Å². The number of anilines is 1.